The zero-order chi connectivity index (χ0) is 12.7. The predicted octanol–water partition coefficient (Wildman–Crippen LogP) is 2.28. The lowest BCUT2D eigenvalue weighted by molar-refractivity contribution is 0.167. The van der Waals surface area contributed by atoms with Crippen LogP contribution in [-0.4, -0.2) is 26.9 Å². The molecular formula is C13H20N2O2. The highest BCUT2D eigenvalue weighted by Gasteiger charge is 2.00. The van der Waals surface area contributed by atoms with E-state index < -0.39 is 0 Å². The van der Waals surface area contributed by atoms with Gasteiger partial charge in [-0.05, 0) is 19.1 Å². The molecule has 3 N–H and O–H groups in total. The minimum Gasteiger partial charge on any atom is -0.497 e. The van der Waals surface area contributed by atoms with Crippen molar-refractivity contribution in [2.45, 2.75) is 6.92 Å². The van der Waals surface area contributed by atoms with Crippen molar-refractivity contribution in [3.05, 3.63) is 30.4 Å². The first-order valence-electron chi connectivity index (χ1n) is 5.53. The highest BCUT2D eigenvalue weighted by molar-refractivity contribution is 5.68. The Hall–Kier alpha value is -1.68. The lowest BCUT2D eigenvalue weighted by atomic mass is 10.2. The Kier molecular flexibility index (Phi) is 5.36. The molecule has 0 unspecified atom stereocenters. The summed E-state index contributed by atoms with van der Waals surface area (Å²) >= 11 is 0. The molecule has 0 heterocycles. The first kappa shape index (κ1) is 13.4. The van der Waals surface area contributed by atoms with Gasteiger partial charge >= 0.3 is 0 Å². The number of nitrogens with one attached hydrogen (secondary N) is 1. The number of nitrogen functional groups attached to an aromatic ring is 1. The van der Waals surface area contributed by atoms with Gasteiger partial charge in [0.2, 0.25) is 0 Å². The summed E-state index contributed by atoms with van der Waals surface area (Å²) in [4.78, 5) is 0. The van der Waals surface area contributed by atoms with E-state index in [1.807, 2.05) is 25.1 Å². The molecule has 0 atom stereocenters. The van der Waals surface area contributed by atoms with Crippen LogP contribution in [0.1, 0.15) is 6.92 Å². The first-order chi connectivity index (χ1) is 8.13. The van der Waals surface area contributed by atoms with Crippen molar-refractivity contribution in [3.8, 4) is 5.75 Å². The van der Waals surface area contributed by atoms with Gasteiger partial charge in [0.15, 0.2) is 0 Å². The fourth-order valence-corrected chi connectivity index (χ4v) is 1.32. The van der Waals surface area contributed by atoms with E-state index in [0.717, 1.165) is 17.0 Å². The maximum atomic E-state index is 5.83. The molecule has 0 saturated heterocycles. The second kappa shape index (κ2) is 6.81. The number of hydrogen-bond acceptors (Lipinski definition) is 4. The van der Waals surface area contributed by atoms with Gasteiger partial charge in [0.1, 0.15) is 5.75 Å². The maximum absolute atomic E-state index is 5.83. The second-order valence-electron chi connectivity index (χ2n) is 3.89. The molecule has 1 rings (SSSR count). The van der Waals surface area contributed by atoms with Crippen molar-refractivity contribution >= 4 is 11.4 Å². The molecule has 0 aliphatic heterocycles. The number of ether oxygens (including phenoxy) is 2. The average Bonchev–Trinajstić information content (AvgIpc) is 2.30. The standard InChI is InChI=1S/C13H20N2O2/c1-10(2)9-17-7-6-15-13-8-11(16-3)4-5-12(13)14/h4-5,8,15H,1,6-7,9,14H2,2-3H3. The van der Waals surface area contributed by atoms with Crippen LogP contribution in [0.25, 0.3) is 0 Å². The Morgan fingerprint density at radius 3 is 2.88 bits per heavy atom. The summed E-state index contributed by atoms with van der Waals surface area (Å²) in [6, 6.07) is 5.52. The van der Waals surface area contributed by atoms with E-state index in [9.17, 15) is 0 Å². The van der Waals surface area contributed by atoms with Crippen molar-refractivity contribution in [2.75, 3.05) is 37.9 Å². The van der Waals surface area contributed by atoms with Gasteiger partial charge < -0.3 is 20.5 Å². The fraction of sp³-hybridized carbons (Fsp3) is 0.385. The van der Waals surface area contributed by atoms with Crippen LogP contribution < -0.4 is 15.8 Å². The summed E-state index contributed by atoms with van der Waals surface area (Å²) in [7, 11) is 1.63. The van der Waals surface area contributed by atoms with Crippen LogP contribution in [0.3, 0.4) is 0 Å². The number of methoxy groups -OCH3 is 1. The van der Waals surface area contributed by atoms with Crippen LogP contribution in [0.4, 0.5) is 11.4 Å². The number of rotatable bonds is 7. The Morgan fingerprint density at radius 1 is 1.47 bits per heavy atom. The second-order valence-corrected chi connectivity index (χ2v) is 3.89. The van der Waals surface area contributed by atoms with Gasteiger partial charge in [-0.3, -0.25) is 0 Å². The third-order valence-electron chi connectivity index (χ3n) is 2.17. The molecule has 94 valence electrons. The monoisotopic (exact) mass is 236 g/mol. The number of hydrogen-bond donors (Lipinski definition) is 2. The van der Waals surface area contributed by atoms with Crippen LogP contribution in [0.2, 0.25) is 0 Å². The molecule has 0 amide bonds. The van der Waals surface area contributed by atoms with E-state index in [1.54, 1.807) is 7.11 Å². The van der Waals surface area contributed by atoms with Crippen LogP contribution in [0, 0.1) is 0 Å². The quantitative estimate of drug-likeness (QED) is 0.433. The molecule has 0 saturated carbocycles. The molecule has 1 aromatic rings. The summed E-state index contributed by atoms with van der Waals surface area (Å²) in [5.41, 5.74) is 8.42. The van der Waals surface area contributed by atoms with E-state index in [1.165, 1.54) is 0 Å². The molecule has 0 aromatic heterocycles. The van der Waals surface area contributed by atoms with Gasteiger partial charge in [-0.1, -0.05) is 12.2 Å². The summed E-state index contributed by atoms with van der Waals surface area (Å²) in [6.07, 6.45) is 0. The summed E-state index contributed by atoms with van der Waals surface area (Å²) in [5, 5.41) is 3.20. The summed E-state index contributed by atoms with van der Waals surface area (Å²) in [6.45, 7) is 7.61. The molecule has 4 heteroatoms. The van der Waals surface area contributed by atoms with E-state index in [4.69, 9.17) is 15.2 Å². The zero-order valence-corrected chi connectivity index (χ0v) is 10.5. The van der Waals surface area contributed by atoms with Crippen molar-refractivity contribution in [3.63, 3.8) is 0 Å². The summed E-state index contributed by atoms with van der Waals surface area (Å²) < 4.78 is 10.5. The van der Waals surface area contributed by atoms with Crippen LogP contribution in [0.5, 0.6) is 5.75 Å². The van der Waals surface area contributed by atoms with E-state index >= 15 is 0 Å². The Labute approximate surface area is 102 Å². The fourth-order valence-electron chi connectivity index (χ4n) is 1.32. The van der Waals surface area contributed by atoms with Crippen molar-refractivity contribution in [1.82, 2.24) is 0 Å². The van der Waals surface area contributed by atoms with Gasteiger partial charge in [-0.2, -0.15) is 0 Å². The lowest BCUT2D eigenvalue weighted by Crippen LogP contribution is -2.11. The molecule has 17 heavy (non-hydrogen) atoms. The summed E-state index contributed by atoms with van der Waals surface area (Å²) in [5.74, 6) is 0.782. The average molecular weight is 236 g/mol. The molecule has 0 radical (unpaired) electrons. The normalized spacial score (nSPS) is 10.0. The van der Waals surface area contributed by atoms with Crippen LogP contribution in [-0.2, 0) is 4.74 Å². The van der Waals surface area contributed by atoms with E-state index in [-0.39, 0.29) is 0 Å². The third kappa shape index (κ3) is 4.78. The first-order valence-corrected chi connectivity index (χ1v) is 5.53. The molecule has 0 aliphatic carbocycles. The maximum Gasteiger partial charge on any atom is 0.121 e. The highest BCUT2D eigenvalue weighted by Crippen LogP contribution is 2.23. The molecule has 0 aliphatic rings. The number of benzene rings is 1. The molecule has 0 fully saturated rings. The Bertz CT molecular complexity index is 378. The van der Waals surface area contributed by atoms with E-state index in [0.29, 0.717) is 25.4 Å². The lowest BCUT2D eigenvalue weighted by Gasteiger charge is -2.11. The Morgan fingerprint density at radius 2 is 2.24 bits per heavy atom. The smallest absolute Gasteiger partial charge is 0.121 e. The Balaban J connectivity index is 2.38. The van der Waals surface area contributed by atoms with Crippen LogP contribution in [0.15, 0.2) is 30.4 Å². The minimum atomic E-state index is 0.593. The third-order valence-corrected chi connectivity index (χ3v) is 2.17. The minimum absolute atomic E-state index is 0.593. The van der Waals surface area contributed by atoms with Gasteiger partial charge in [-0.15, -0.1) is 0 Å². The van der Waals surface area contributed by atoms with Crippen molar-refractivity contribution < 1.29 is 9.47 Å². The molecule has 0 bridgehead atoms. The topological polar surface area (TPSA) is 56.5 Å². The molecule has 4 nitrogen and oxygen atoms in total. The SMILES string of the molecule is C=C(C)COCCNc1cc(OC)ccc1N. The molecule has 1 aromatic carbocycles. The zero-order valence-electron chi connectivity index (χ0n) is 10.5. The largest absolute Gasteiger partial charge is 0.497 e. The number of nitrogens with two attached hydrogens (primary N) is 1. The highest BCUT2D eigenvalue weighted by atomic mass is 16.5. The predicted molar refractivity (Wildman–Crippen MR) is 71.5 cm³/mol. The van der Waals surface area contributed by atoms with Crippen molar-refractivity contribution in [2.24, 2.45) is 0 Å². The van der Waals surface area contributed by atoms with Crippen molar-refractivity contribution in [1.29, 1.82) is 0 Å². The van der Waals surface area contributed by atoms with Gasteiger partial charge in [0.05, 0.1) is 31.7 Å². The number of anilines is 2. The molecule has 0 spiro atoms. The van der Waals surface area contributed by atoms with Gasteiger partial charge in [-0.25, -0.2) is 0 Å². The molecular weight excluding hydrogens is 216 g/mol. The van der Waals surface area contributed by atoms with Crippen LogP contribution >= 0.6 is 0 Å². The van der Waals surface area contributed by atoms with Gasteiger partial charge in [0, 0.05) is 12.6 Å². The van der Waals surface area contributed by atoms with Gasteiger partial charge in [0.25, 0.3) is 0 Å². The van der Waals surface area contributed by atoms with E-state index in [2.05, 4.69) is 11.9 Å².